The first-order valence-electron chi connectivity index (χ1n) is 7.91. The van der Waals surface area contributed by atoms with Crippen LogP contribution in [0.2, 0.25) is 0 Å². The molecule has 2 heterocycles. The number of nitrogens with one attached hydrogen (secondary N) is 1. The van der Waals surface area contributed by atoms with Crippen molar-refractivity contribution in [2.24, 2.45) is 0 Å². The lowest BCUT2D eigenvalue weighted by atomic mass is 10.2. The molecule has 7 nitrogen and oxygen atoms in total. The topological polar surface area (TPSA) is 98.5 Å². The van der Waals surface area contributed by atoms with Gasteiger partial charge in [-0.1, -0.05) is 41.7 Å². The molecule has 0 fully saturated rings. The van der Waals surface area contributed by atoms with Gasteiger partial charge in [0.15, 0.2) is 0 Å². The van der Waals surface area contributed by atoms with Crippen molar-refractivity contribution in [3.8, 4) is 10.4 Å². The first-order chi connectivity index (χ1) is 13.0. The van der Waals surface area contributed by atoms with Gasteiger partial charge in [0.2, 0.25) is 0 Å². The molecule has 3 rings (SSSR count). The summed E-state index contributed by atoms with van der Waals surface area (Å²) >= 11 is 1.99. The minimum atomic E-state index is -0.552. The molecule has 138 valence electrons. The number of nitrogens with zero attached hydrogens (tertiary/aromatic N) is 1. The molecule has 0 aliphatic rings. The SMILES string of the molecule is CCOC(=O)c1sc(-c2ccccc2)cc1NC(=O)c1ccc([N+](=O)[O-])s1. The van der Waals surface area contributed by atoms with Crippen LogP contribution < -0.4 is 5.32 Å². The van der Waals surface area contributed by atoms with Crippen molar-refractivity contribution in [1.82, 2.24) is 0 Å². The zero-order chi connectivity index (χ0) is 19.4. The van der Waals surface area contributed by atoms with Crippen molar-refractivity contribution in [2.45, 2.75) is 6.92 Å². The van der Waals surface area contributed by atoms with E-state index < -0.39 is 16.8 Å². The van der Waals surface area contributed by atoms with Gasteiger partial charge in [0, 0.05) is 10.9 Å². The van der Waals surface area contributed by atoms with Crippen LogP contribution in [0.5, 0.6) is 0 Å². The first kappa shape index (κ1) is 18.7. The summed E-state index contributed by atoms with van der Waals surface area (Å²) in [7, 11) is 0. The van der Waals surface area contributed by atoms with Gasteiger partial charge in [-0.05, 0) is 24.6 Å². The molecule has 0 saturated heterocycles. The Morgan fingerprint density at radius 1 is 1.15 bits per heavy atom. The van der Waals surface area contributed by atoms with E-state index in [1.165, 1.54) is 23.5 Å². The molecule has 0 saturated carbocycles. The van der Waals surface area contributed by atoms with Crippen molar-refractivity contribution in [1.29, 1.82) is 0 Å². The number of carbonyl (C=O) groups excluding carboxylic acids is 2. The molecule has 0 aliphatic carbocycles. The average Bonchev–Trinajstić information content (AvgIpc) is 3.30. The summed E-state index contributed by atoms with van der Waals surface area (Å²) in [6.45, 7) is 1.91. The number of ether oxygens (including phenoxy) is 1. The Balaban J connectivity index is 1.92. The summed E-state index contributed by atoms with van der Waals surface area (Å²) in [6.07, 6.45) is 0. The van der Waals surface area contributed by atoms with Crippen molar-refractivity contribution in [3.63, 3.8) is 0 Å². The second-order valence-electron chi connectivity index (χ2n) is 5.29. The van der Waals surface area contributed by atoms with Gasteiger partial charge in [-0.2, -0.15) is 0 Å². The van der Waals surface area contributed by atoms with E-state index in [4.69, 9.17) is 4.74 Å². The third kappa shape index (κ3) is 4.21. The number of nitro groups is 1. The molecule has 9 heteroatoms. The van der Waals surface area contributed by atoms with Gasteiger partial charge < -0.3 is 10.1 Å². The predicted molar refractivity (Wildman–Crippen MR) is 105 cm³/mol. The monoisotopic (exact) mass is 402 g/mol. The van der Waals surface area contributed by atoms with E-state index in [2.05, 4.69) is 5.32 Å². The van der Waals surface area contributed by atoms with Crippen LogP contribution >= 0.6 is 22.7 Å². The van der Waals surface area contributed by atoms with E-state index in [0.717, 1.165) is 21.8 Å². The summed E-state index contributed by atoms with van der Waals surface area (Å²) in [4.78, 5) is 36.2. The summed E-state index contributed by atoms with van der Waals surface area (Å²) < 4.78 is 5.07. The van der Waals surface area contributed by atoms with Gasteiger partial charge in [-0.3, -0.25) is 14.9 Å². The van der Waals surface area contributed by atoms with Crippen LogP contribution in [0.4, 0.5) is 10.7 Å². The van der Waals surface area contributed by atoms with Crippen LogP contribution in [0, 0.1) is 10.1 Å². The number of benzene rings is 1. The number of hydrogen-bond acceptors (Lipinski definition) is 7. The third-order valence-corrected chi connectivity index (χ3v) is 5.69. The van der Waals surface area contributed by atoms with Crippen molar-refractivity contribution in [2.75, 3.05) is 11.9 Å². The van der Waals surface area contributed by atoms with Gasteiger partial charge in [0.05, 0.1) is 22.1 Å². The number of hydrogen-bond donors (Lipinski definition) is 1. The number of esters is 1. The van der Waals surface area contributed by atoms with Crippen LogP contribution in [0.1, 0.15) is 26.3 Å². The quantitative estimate of drug-likeness (QED) is 0.362. The molecule has 0 aliphatic heterocycles. The number of amides is 1. The number of anilines is 1. The average molecular weight is 402 g/mol. The highest BCUT2D eigenvalue weighted by atomic mass is 32.1. The predicted octanol–water partition coefficient (Wildman–Crippen LogP) is 4.81. The molecule has 0 spiro atoms. The number of thiophene rings is 2. The normalized spacial score (nSPS) is 10.4. The fraction of sp³-hybridized carbons (Fsp3) is 0.111. The van der Waals surface area contributed by atoms with E-state index in [1.807, 2.05) is 30.3 Å². The van der Waals surface area contributed by atoms with E-state index in [1.54, 1.807) is 13.0 Å². The summed E-state index contributed by atoms with van der Waals surface area (Å²) in [5, 5.41) is 13.3. The molecule has 27 heavy (non-hydrogen) atoms. The maximum atomic E-state index is 12.5. The fourth-order valence-corrected chi connectivity index (χ4v) is 4.04. The Labute approximate surface area is 162 Å². The Kier molecular flexibility index (Phi) is 5.63. The minimum absolute atomic E-state index is 0.124. The number of carbonyl (C=O) groups is 2. The zero-order valence-corrected chi connectivity index (χ0v) is 15.8. The van der Waals surface area contributed by atoms with Crippen molar-refractivity contribution < 1.29 is 19.2 Å². The molecule has 1 N–H and O–H groups in total. The van der Waals surface area contributed by atoms with Gasteiger partial charge in [0.25, 0.3) is 5.91 Å². The second-order valence-corrected chi connectivity index (χ2v) is 7.40. The van der Waals surface area contributed by atoms with E-state index >= 15 is 0 Å². The van der Waals surface area contributed by atoms with Gasteiger partial charge in [0.1, 0.15) is 4.88 Å². The Morgan fingerprint density at radius 3 is 2.52 bits per heavy atom. The Hall–Kier alpha value is -3.04. The Bertz CT molecular complexity index is 994. The lowest BCUT2D eigenvalue weighted by Crippen LogP contribution is -2.13. The maximum absolute atomic E-state index is 12.5. The first-order valence-corrected chi connectivity index (χ1v) is 9.55. The standard InChI is InChI=1S/C18H14N2O5S2/c1-2-25-18(22)16-12(10-14(27-16)11-6-4-3-5-7-11)19-17(21)13-8-9-15(26-13)20(23)24/h3-10H,2H2,1H3,(H,19,21). The molecule has 2 aromatic heterocycles. The van der Waals surface area contributed by atoms with E-state index in [0.29, 0.717) is 5.69 Å². The van der Waals surface area contributed by atoms with Gasteiger partial charge >= 0.3 is 11.0 Å². The molecule has 0 bridgehead atoms. The lowest BCUT2D eigenvalue weighted by molar-refractivity contribution is -0.380. The van der Waals surface area contributed by atoms with Gasteiger partial charge in [-0.15, -0.1) is 11.3 Å². The molecular formula is C18H14N2O5S2. The number of rotatable bonds is 6. The molecule has 3 aromatic rings. The van der Waals surface area contributed by atoms with Gasteiger partial charge in [-0.25, -0.2) is 4.79 Å². The minimum Gasteiger partial charge on any atom is -0.462 e. The van der Waals surface area contributed by atoms with E-state index in [9.17, 15) is 19.7 Å². The molecule has 1 aromatic carbocycles. The molecular weight excluding hydrogens is 388 g/mol. The fourth-order valence-electron chi connectivity index (χ4n) is 2.31. The zero-order valence-electron chi connectivity index (χ0n) is 14.1. The smallest absolute Gasteiger partial charge is 0.350 e. The highest BCUT2D eigenvalue weighted by Crippen LogP contribution is 2.36. The summed E-state index contributed by atoms with van der Waals surface area (Å²) in [6, 6.07) is 13.8. The van der Waals surface area contributed by atoms with Crippen LogP contribution in [0.3, 0.4) is 0 Å². The highest BCUT2D eigenvalue weighted by Gasteiger charge is 2.22. The Morgan fingerprint density at radius 2 is 1.89 bits per heavy atom. The molecule has 0 atom stereocenters. The largest absolute Gasteiger partial charge is 0.462 e. The second kappa shape index (κ2) is 8.11. The lowest BCUT2D eigenvalue weighted by Gasteiger charge is -2.04. The summed E-state index contributed by atoms with van der Waals surface area (Å²) in [5.41, 5.74) is 1.22. The summed E-state index contributed by atoms with van der Waals surface area (Å²) in [5.74, 6) is -1.05. The van der Waals surface area contributed by atoms with E-state index in [-0.39, 0.29) is 21.4 Å². The highest BCUT2D eigenvalue weighted by molar-refractivity contribution is 7.18. The van der Waals surface area contributed by atoms with Crippen molar-refractivity contribution >= 4 is 45.2 Å². The third-order valence-electron chi connectivity index (χ3n) is 3.49. The van der Waals surface area contributed by atoms with Crippen LogP contribution in [0.15, 0.2) is 48.5 Å². The maximum Gasteiger partial charge on any atom is 0.350 e. The molecule has 1 amide bonds. The van der Waals surface area contributed by atoms with Crippen LogP contribution in [0.25, 0.3) is 10.4 Å². The van der Waals surface area contributed by atoms with Crippen LogP contribution in [-0.2, 0) is 4.74 Å². The molecule has 0 radical (unpaired) electrons. The molecule has 0 unspecified atom stereocenters. The van der Waals surface area contributed by atoms with Crippen molar-refractivity contribution in [3.05, 3.63) is 68.4 Å². The van der Waals surface area contributed by atoms with Crippen LogP contribution in [-0.4, -0.2) is 23.4 Å².